The maximum atomic E-state index is 12.1. The molecule has 0 aliphatic carbocycles. The van der Waals surface area contributed by atoms with Gasteiger partial charge in [0.25, 0.3) is 0 Å². The van der Waals surface area contributed by atoms with Gasteiger partial charge in [0.15, 0.2) is 0 Å². The Morgan fingerprint density at radius 1 is 1.43 bits per heavy atom. The molecule has 1 saturated heterocycles. The summed E-state index contributed by atoms with van der Waals surface area (Å²) in [7, 11) is 0. The molecule has 1 aromatic heterocycles. The number of aromatic nitrogens is 2. The van der Waals surface area contributed by atoms with E-state index in [0.29, 0.717) is 30.8 Å². The molecule has 1 aliphatic heterocycles. The van der Waals surface area contributed by atoms with Crippen LogP contribution in [0.3, 0.4) is 0 Å². The highest BCUT2D eigenvalue weighted by Crippen LogP contribution is 2.17. The molecular formula is C14H14N2O5. The van der Waals surface area contributed by atoms with Crippen LogP contribution in [-0.4, -0.2) is 33.8 Å². The molecule has 0 radical (unpaired) electrons. The lowest BCUT2D eigenvalue weighted by molar-refractivity contribution is 0.0697. The number of aromatic carboxylic acids is 1. The molecule has 0 spiro atoms. The SMILES string of the molecule is O=C(O)c1ccc2[nH]c(=O)c(=O)n(CC3CCOC3)c2c1. The van der Waals surface area contributed by atoms with Crippen LogP contribution in [-0.2, 0) is 11.3 Å². The third-order valence-corrected chi connectivity index (χ3v) is 3.69. The van der Waals surface area contributed by atoms with Crippen molar-refractivity contribution in [3.05, 3.63) is 44.5 Å². The zero-order valence-corrected chi connectivity index (χ0v) is 11.2. The molecule has 1 unspecified atom stereocenters. The highest BCUT2D eigenvalue weighted by atomic mass is 16.5. The van der Waals surface area contributed by atoms with Crippen LogP contribution in [0.4, 0.5) is 0 Å². The fourth-order valence-electron chi connectivity index (χ4n) is 2.57. The van der Waals surface area contributed by atoms with Crippen LogP contribution in [0, 0.1) is 5.92 Å². The number of rotatable bonds is 3. The van der Waals surface area contributed by atoms with Crippen molar-refractivity contribution in [3.8, 4) is 0 Å². The Morgan fingerprint density at radius 2 is 2.24 bits per heavy atom. The van der Waals surface area contributed by atoms with Crippen molar-refractivity contribution in [1.82, 2.24) is 9.55 Å². The number of H-pyrrole nitrogens is 1. The molecule has 1 fully saturated rings. The molecule has 2 heterocycles. The largest absolute Gasteiger partial charge is 0.478 e. The molecule has 1 aromatic carbocycles. The lowest BCUT2D eigenvalue weighted by Gasteiger charge is -2.13. The van der Waals surface area contributed by atoms with E-state index in [1.54, 1.807) is 0 Å². The molecule has 0 amide bonds. The molecule has 2 N–H and O–H groups in total. The van der Waals surface area contributed by atoms with E-state index < -0.39 is 17.1 Å². The maximum Gasteiger partial charge on any atom is 0.335 e. The highest BCUT2D eigenvalue weighted by molar-refractivity contribution is 5.92. The van der Waals surface area contributed by atoms with Gasteiger partial charge >= 0.3 is 17.1 Å². The zero-order valence-electron chi connectivity index (χ0n) is 11.2. The number of nitrogens with zero attached hydrogens (tertiary/aromatic N) is 1. The fraction of sp³-hybridized carbons (Fsp3) is 0.357. The Labute approximate surface area is 118 Å². The van der Waals surface area contributed by atoms with Crippen LogP contribution >= 0.6 is 0 Å². The number of benzene rings is 1. The summed E-state index contributed by atoms with van der Waals surface area (Å²) >= 11 is 0. The minimum Gasteiger partial charge on any atom is -0.478 e. The predicted molar refractivity (Wildman–Crippen MR) is 74.7 cm³/mol. The number of carboxylic acid groups (broad SMARTS) is 1. The van der Waals surface area contributed by atoms with Gasteiger partial charge in [-0.15, -0.1) is 0 Å². The third-order valence-electron chi connectivity index (χ3n) is 3.69. The summed E-state index contributed by atoms with van der Waals surface area (Å²) in [6, 6.07) is 4.31. The standard InChI is InChI=1S/C14H14N2O5/c17-12-13(18)16(6-8-3-4-21-7-8)11-5-9(14(19)20)1-2-10(11)15-12/h1-2,5,8H,3-4,6-7H2,(H,15,17)(H,19,20). The maximum absolute atomic E-state index is 12.1. The number of nitrogens with one attached hydrogen (secondary N) is 1. The average molecular weight is 290 g/mol. The quantitative estimate of drug-likeness (QED) is 0.798. The lowest BCUT2D eigenvalue weighted by Crippen LogP contribution is -2.37. The highest BCUT2D eigenvalue weighted by Gasteiger charge is 2.19. The summed E-state index contributed by atoms with van der Waals surface area (Å²) in [5.41, 5.74) is -0.429. The van der Waals surface area contributed by atoms with Crippen LogP contribution in [0.2, 0.25) is 0 Å². The topological polar surface area (TPSA) is 101 Å². The smallest absolute Gasteiger partial charge is 0.335 e. The molecule has 3 rings (SSSR count). The van der Waals surface area contributed by atoms with Crippen molar-refractivity contribution < 1.29 is 14.6 Å². The molecule has 2 aromatic rings. The molecule has 0 saturated carbocycles. The van der Waals surface area contributed by atoms with Crippen LogP contribution in [0.1, 0.15) is 16.8 Å². The predicted octanol–water partition coefficient (Wildman–Crippen LogP) is 0.424. The number of aromatic amines is 1. The van der Waals surface area contributed by atoms with Crippen molar-refractivity contribution >= 4 is 17.0 Å². The lowest BCUT2D eigenvalue weighted by atomic mass is 10.1. The number of fused-ring (bicyclic) bond motifs is 1. The first-order chi connectivity index (χ1) is 10.1. The van der Waals surface area contributed by atoms with Gasteiger partial charge in [-0.25, -0.2) is 4.79 Å². The van der Waals surface area contributed by atoms with E-state index in [4.69, 9.17) is 9.84 Å². The minimum absolute atomic E-state index is 0.0744. The van der Waals surface area contributed by atoms with Crippen LogP contribution in [0.25, 0.3) is 11.0 Å². The Balaban J connectivity index is 2.20. The molecule has 0 bridgehead atoms. The second kappa shape index (κ2) is 5.17. The Kier molecular flexibility index (Phi) is 3.34. The fourth-order valence-corrected chi connectivity index (χ4v) is 2.57. The van der Waals surface area contributed by atoms with Gasteiger partial charge in [-0.3, -0.25) is 9.59 Å². The second-order valence-corrected chi connectivity index (χ2v) is 5.14. The van der Waals surface area contributed by atoms with Gasteiger partial charge < -0.3 is 19.4 Å². The van der Waals surface area contributed by atoms with Gasteiger partial charge in [-0.1, -0.05) is 0 Å². The molecule has 1 aliphatic rings. The van der Waals surface area contributed by atoms with Crippen molar-refractivity contribution in [2.24, 2.45) is 5.92 Å². The van der Waals surface area contributed by atoms with Crippen molar-refractivity contribution in [3.63, 3.8) is 0 Å². The number of ether oxygens (including phenoxy) is 1. The summed E-state index contributed by atoms with van der Waals surface area (Å²) in [5.74, 6) is -0.924. The van der Waals surface area contributed by atoms with Gasteiger partial charge in [-0.05, 0) is 24.6 Å². The van der Waals surface area contributed by atoms with Crippen molar-refractivity contribution in [2.45, 2.75) is 13.0 Å². The third kappa shape index (κ3) is 2.47. The van der Waals surface area contributed by atoms with Crippen LogP contribution < -0.4 is 11.1 Å². The van der Waals surface area contributed by atoms with Crippen molar-refractivity contribution in [2.75, 3.05) is 13.2 Å². The second-order valence-electron chi connectivity index (χ2n) is 5.14. The number of carbonyl (C=O) groups is 1. The number of hydrogen-bond acceptors (Lipinski definition) is 4. The van der Waals surface area contributed by atoms with Gasteiger partial charge in [0.05, 0.1) is 23.2 Å². The van der Waals surface area contributed by atoms with Crippen LogP contribution in [0.15, 0.2) is 27.8 Å². The summed E-state index contributed by atoms with van der Waals surface area (Å²) in [6.07, 6.45) is 0.819. The van der Waals surface area contributed by atoms with Gasteiger partial charge in [0.1, 0.15) is 0 Å². The first-order valence-electron chi connectivity index (χ1n) is 6.64. The van der Waals surface area contributed by atoms with E-state index in [1.165, 1.54) is 22.8 Å². The van der Waals surface area contributed by atoms with E-state index in [9.17, 15) is 14.4 Å². The zero-order chi connectivity index (χ0) is 15.0. The van der Waals surface area contributed by atoms with E-state index in [0.717, 1.165) is 6.42 Å². The van der Waals surface area contributed by atoms with Crippen molar-refractivity contribution in [1.29, 1.82) is 0 Å². The summed E-state index contributed by atoms with van der Waals surface area (Å²) < 4.78 is 6.63. The normalized spacial score (nSPS) is 18.2. The Morgan fingerprint density at radius 3 is 2.90 bits per heavy atom. The summed E-state index contributed by atoms with van der Waals surface area (Å²) in [6.45, 7) is 1.53. The molecule has 21 heavy (non-hydrogen) atoms. The van der Waals surface area contributed by atoms with E-state index in [-0.39, 0.29) is 11.5 Å². The number of carboxylic acids is 1. The van der Waals surface area contributed by atoms with E-state index >= 15 is 0 Å². The first-order valence-corrected chi connectivity index (χ1v) is 6.64. The monoisotopic (exact) mass is 290 g/mol. The molecule has 7 nitrogen and oxygen atoms in total. The van der Waals surface area contributed by atoms with E-state index in [1.807, 2.05) is 0 Å². The molecule has 110 valence electrons. The molecule has 7 heteroatoms. The Hall–Kier alpha value is -2.41. The van der Waals surface area contributed by atoms with Gasteiger partial charge in [-0.2, -0.15) is 0 Å². The molecule has 1 atom stereocenters. The minimum atomic E-state index is -1.08. The molecular weight excluding hydrogens is 276 g/mol. The number of hydrogen-bond donors (Lipinski definition) is 2. The summed E-state index contributed by atoms with van der Waals surface area (Å²) in [5, 5.41) is 9.06. The first kappa shape index (κ1) is 13.6. The Bertz CT molecular complexity index is 814. The summed E-state index contributed by atoms with van der Waals surface area (Å²) in [4.78, 5) is 37.3. The average Bonchev–Trinajstić information content (AvgIpc) is 2.96. The van der Waals surface area contributed by atoms with Crippen LogP contribution in [0.5, 0.6) is 0 Å². The van der Waals surface area contributed by atoms with Gasteiger partial charge in [0.2, 0.25) is 0 Å². The van der Waals surface area contributed by atoms with Gasteiger partial charge in [0, 0.05) is 19.1 Å². The van der Waals surface area contributed by atoms with E-state index in [2.05, 4.69) is 4.98 Å².